The molecule has 2 heterocycles. The molecule has 0 spiro atoms. The lowest BCUT2D eigenvalue weighted by molar-refractivity contribution is 0.761. The van der Waals surface area contributed by atoms with Crippen LogP contribution in [0.5, 0.6) is 0 Å². The normalized spacial score (nSPS) is 11.0. The van der Waals surface area contributed by atoms with Gasteiger partial charge in [0, 0.05) is 24.5 Å². The molecule has 4 aromatic rings. The van der Waals surface area contributed by atoms with Gasteiger partial charge in [-0.2, -0.15) is 0 Å². The van der Waals surface area contributed by atoms with Crippen molar-refractivity contribution in [3.8, 4) is 22.3 Å². The summed E-state index contributed by atoms with van der Waals surface area (Å²) >= 11 is 1.69. The van der Waals surface area contributed by atoms with E-state index in [1.807, 2.05) is 6.07 Å². The van der Waals surface area contributed by atoms with Gasteiger partial charge in [-0.1, -0.05) is 67.9 Å². The van der Waals surface area contributed by atoms with Crippen LogP contribution in [-0.2, 0) is 0 Å². The van der Waals surface area contributed by atoms with Crippen molar-refractivity contribution in [1.29, 1.82) is 0 Å². The van der Waals surface area contributed by atoms with Crippen molar-refractivity contribution in [1.82, 2.24) is 9.97 Å². The summed E-state index contributed by atoms with van der Waals surface area (Å²) in [5, 5.41) is 3.36. The molecule has 0 fully saturated rings. The SMILES string of the molecule is CCCCN(C)c1ncnc2scc(-c3ccc(-c4ccccc4)cc3)c12. The Morgan fingerprint density at radius 3 is 2.33 bits per heavy atom. The van der Waals surface area contributed by atoms with Crippen LogP contribution in [0, 0.1) is 0 Å². The molecule has 0 aliphatic heterocycles. The molecule has 0 saturated heterocycles. The van der Waals surface area contributed by atoms with Crippen LogP contribution in [0.3, 0.4) is 0 Å². The first kappa shape index (κ1) is 17.7. The fourth-order valence-electron chi connectivity index (χ4n) is 3.34. The molecule has 2 aromatic heterocycles. The molecule has 0 aliphatic carbocycles. The standard InChI is InChI=1S/C23H23N3S/c1-3-4-14-26(2)22-21-20(15-27-23(21)25-16-24-22)19-12-10-18(11-13-19)17-8-6-5-7-9-17/h5-13,15-16H,3-4,14H2,1-2H3. The number of anilines is 1. The van der Waals surface area contributed by atoms with Gasteiger partial charge in [0.1, 0.15) is 17.0 Å². The Morgan fingerprint density at radius 1 is 0.889 bits per heavy atom. The zero-order chi connectivity index (χ0) is 18.6. The average molecular weight is 374 g/mol. The summed E-state index contributed by atoms with van der Waals surface area (Å²) in [4.78, 5) is 12.4. The molecule has 4 heteroatoms. The summed E-state index contributed by atoms with van der Waals surface area (Å²) < 4.78 is 0. The Kier molecular flexibility index (Phi) is 5.16. The molecule has 4 rings (SSSR count). The number of thiophene rings is 1. The molecule has 136 valence electrons. The molecule has 3 nitrogen and oxygen atoms in total. The van der Waals surface area contributed by atoms with Crippen LogP contribution in [0.2, 0.25) is 0 Å². The summed E-state index contributed by atoms with van der Waals surface area (Å²) in [6.45, 7) is 3.22. The van der Waals surface area contributed by atoms with E-state index in [4.69, 9.17) is 0 Å². The van der Waals surface area contributed by atoms with E-state index in [0.717, 1.165) is 29.0 Å². The van der Waals surface area contributed by atoms with Crippen LogP contribution in [0.1, 0.15) is 19.8 Å². The second-order valence-corrected chi connectivity index (χ2v) is 7.60. The van der Waals surface area contributed by atoms with Gasteiger partial charge in [0.2, 0.25) is 0 Å². The van der Waals surface area contributed by atoms with Gasteiger partial charge in [0.25, 0.3) is 0 Å². The first-order valence-corrected chi connectivity index (χ1v) is 10.2. The van der Waals surface area contributed by atoms with Crippen molar-refractivity contribution in [3.63, 3.8) is 0 Å². The van der Waals surface area contributed by atoms with E-state index in [1.54, 1.807) is 17.7 Å². The van der Waals surface area contributed by atoms with Crippen LogP contribution >= 0.6 is 11.3 Å². The maximum absolute atomic E-state index is 4.60. The van der Waals surface area contributed by atoms with Crippen molar-refractivity contribution in [2.75, 3.05) is 18.5 Å². The van der Waals surface area contributed by atoms with Gasteiger partial charge in [-0.25, -0.2) is 9.97 Å². The topological polar surface area (TPSA) is 29.0 Å². The monoisotopic (exact) mass is 373 g/mol. The maximum Gasteiger partial charge on any atom is 0.141 e. The van der Waals surface area contributed by atoms with Crippen LogP contribution in [0.15, 0.2) is 66.3 Å². The number of rotatable bonds is 6. The fraction of sp³-hybridized carbons (Fsp3) is 0.217. The minimum atomic E-state index is 1.00. The van der Waals surface area contributed by atoms with E-state index in [0.29, 0.717) is 0 Å². The Hall–Kier alpha value is -2.72. The van der Waals surface area contributed by atoms with Gasteiger partial charge in [-0.05, 0) is 23.1 Å². The highest BCUT2D eigenvalue weighted by Crippen LogP contribution is 2.38. The fourth-order valence-corrected chi connectivity index (χ4v) is 4.25. The number of benzene rings is 2. The van der Waals surface area contributed by atoms with Crippen molar-refractivity contribution < 1.29 is 0 Å². The molecule has 0 unspecified atom stereocenters. The molecule has 0 saturated carbocycles. The summed E-state index contributed by atoms with van der Waals surface area (Å²) in [5.74, 6) is 1.02. The van der Waals surface area contributed by atoms with Gasteiger partial charge in [0.05, 0.1) is 5.39 Å². The number of fused-ring (bicyclic) bond motifs is 1. The lowest BCUT2D eigenvalue weighted by Gasteiger charge is -2.19. The number of nitrogens with zero attached hydrogens (tertiary/aromatic N) is 3. The van der Waals surface area contributed by atoms with Crippen molar-refractivity contribution in [2.24, 2.45) is 0 Å². The van der Waals surface area contributed by atoms with E-state index in [1.165, 1.54) is 28.7 Å². The van der Waals surface area contributed by atoms with E-state index < -0.39 is 0 Å². The van der Waals surface area contributed by atoms with Gasteiger partial charge >= 0.3 is 0 Å². The maximum atomic E-state index is 4.60. The summed E-state index contributed by atoms with van der Waals surface area (Å²) in [6, 6.07) is 19.3. The minimum absolute atomic E-state index is 1.00. The zero-order valence-corrected chi connectivity index (χ0v) is 16.5. The molecule has 0 atom stereocenters. The summed E-state index contributed by atoms with van der Waals surface area (Å²) in [6.07, 6.45) is 4.02. The van der Waals surface area contributed by atoms with Crippen molar-refractivity contribution in [3.05, 3.63) is 66.3 Å². The highest BCUT2D eigenvalue weighted by Gasteiger charge is 2.15. The van der Waals surface area contributed by atoms with Gasteiger partial charge < -0.3 is 4.90 Å². The molecule has 0 bridgehead atoms. The third-order valence-electron chi connectivity index (χ3n) is 4.86. The molecule has 27 heavy (non-hydrogen) atoms. The van der Waals surface area contributed by atoms with Gasteiger partial charge in [-0.15, -0.1) is 11.3 Å². The largest absolute Gasteiger partial charge is 0.359 e. The average Bonchev–Trinajstić information content (AvgIpc) is 3.17. The first-order chi connectivity index (χ1) is 13.3. The third-order valence-corrected chi connectivity index (χ3v) is 5.75. The zero-order valence-electron chi connectivity index (χ0n) is 15.7. The molecule has 0 radical (unpaired) electrons. The summed E-state index contributed by atoms with van der Waals surface area (Å²) in [7, 11) is 2.12. The second kappa shape index (κ2) is 7.89. The third kappa shape index (κ3) is 3.58. The quantitative estimate of drug-likeness (QED) is 0.399. The number of unbranched alkanes of at least 4 members (excludes halogenated alkanes) is 1. The molecule has 0 N–H and O–H groups in total. The van der Waals surface area contributed by atoms with E-state index >= 15 is 0 Å². The number of aromatic nitrogens is 2. The van der Waals surface area contributed by atoms with Gasteiger partial charge in [-0.3, -0.25) is 0 Å². The smallest absolute Gasteiger partial charge is 0.141 e. The molecule has 0 aliphatic rings. The highest BCUT2D eigenvalue weighted by molar-refractivity contribution is 7.17. The van der Waals surface area contributed by atoms with E-state index in [-0.39, 0.29) is 0 Å². The van der Waals surface area contributed by atoms with Crippen LogP contribution in [-0.4, -0.2) is 23.6 Å². The van der Waals surface area contributed by atoms with Crippen molar-refractivity contribution >= 4 is 27.4 Å². The van der Waals surface area contributed by atoms with Crippen molar-refractivity contribution in [2.45, 2.75) is 19.8 Å². The molecular weight excluding hydrogens is 350 g/mol. The Balaban J connectivity index is 1.73. The van der Waals surface area contributed by atoms with E-state index in [9.17, 15) is 0 Å². The number of hydrogen-bond acceptors (Lipinski definition) is 4. The lowest BCUT2D eigenvalue weighted by atomic mass is 10.0. The predicted octanol–water partition coefficient (Wildman–Crippen LogP) is 6.26. The Morgan fingerprint density at radius 2 is 1.59 bits per heavy atom. The lowest BCUT2D eigenvalue weighted by Crippen LogP contribution is -2.19. The predicted molar refractivity (Wildman–Crippen MR) is 116 cm³/mol. The van der Waals surface area contributed by atoms with Crippen LogP contribution in [0.25, 0.3) is 32.5 Å². The molecule has 2 aromatic carbocycles. The van der Waals surface area contributed by atoms with Gasteiger partial charge in [0.15, 0.2) is 0 Å². The minimum Gasteiger partial charge on any atom is -0.359 e. The van der Waals surface area contributed by atoms with Crippen LogP contribution < -0.4 is 4.90 Å². The summed E-state index contributed by atoms with van der Waals surface area (Å²) in [5.41, 5.74) is 4.90. The Labute approximate surface area is 164 Å². The second-order valence-electron chi connectivity index (χ2n) is 6.75. The Bertz CT molecular complexity index is 1020. The molecule has 0 amide bonds. The van der Waals surface area contributed by atoms with Crippen LogP contribution in [0.4, 0.5) is 5.82 Å². The van der Waals surface area contributed by atoms with E-state index in [2.05, 4.69) is 82.8 Å². The molecular formula is C23H23N3S. The number of hydrogen-bond donors (Lipinski definition) is 0. The highest BCUT2D eigenvalue weighted by atomic mass is 32.1. The first-order valence-electron chi connectivity index (χ1n) is 9.37.